The van der Waals surface area contributed by atoms with Crippen LogP contribution in [0.15, 0.2) is 35.0 Å². The monoisotopic (exact) mass is 400 g/mol. The average Bonchev–Trinajstić information content (AvgIpc) is 2.72. The quantitative estimate of drug-likeness (QED) is 0.762. The highest BCUT2D eigenvalue weighted by Gasteiger charge is 2.37. The van der Waals surface area contributed by atoms with Crippen LogP contribution in [0.25, 0.3) is 0 Å². The number of Topliss-reactive ketones (excluding diaryl/α,β-unsaturated/α-hetero) is 2. The molecule has 4 rings (SSSR count). The highest BCUT2D eigenvalue weighted by Crippen LogP contribution is 2.33. The van der Waals surface area contributed by atoms with Gasteiger partial charge in [0.25, 0.3) is 0 Å². The Balaban J connectivity index is 1.46. The number of ketones is 2. The Bertz CT molecular complexity index is 855. The van der Waals surface area contributed by atoms with Crippen LogP contribution >= 0.6 is 11.6 Å². The number of carbonyl (C=O) groups is 3. The van der Waals surface area contributed by atoms with Gasteiger partial charge < -0.3 is 9.80 Å². The second-order valence-electron chi connectivity index (χ2n) is 8.16. The SMILES string of the molecule is CC1CCCN(C(=O)C2CCN(C3=C(Cl)C(=O)c4ccccc4C3=O)CC2)C1. The van der Waals surface area contributed by atoms with Crippen LogP contribution in [0.3, 0.4) is 0 Å². The Labute approximate surface area is 170 Å². The van der Waals surface area contributed by atoms with E-state index in [9.17, 15) is 14.4 Å². The molecule has 1 aromatic carbocycles. The maximum atomic E-state index is 13.0. The number of piperidine rings is 2. The van der Waals surface area contributed by atoms with Crippen LogP contribution in [0.5, 0.6) is 0 Å². The molecule has 2 fully saturated rings. The lowest BCUT2D eigenvalue weighted by atomic mass is 9.89. The third kappa shape index (κ3) is 3.37. The van der Waals surface area contributed by atoms with Gasteiger partial charge in [-0.15, -0.1) is 0 Å². The largest absolute Gasteiger partial charge is 0.367 e. The first kappa shape index (κ1) is 19.2. The molecular formula is C22H25ClN2O3. The molecule has 2 heterocycles. The summed E-state index contributed by atoms with van der Waals surface area (Å²) in [4.78, 5) is 42.3. The Morgan fingerprint density at radius 1 is 1.00 bits per heavy atom. The minimum atomic E-state index is -0.299. The fraction of sp³-hybridized carbons (Fsp3) is 0.500. The van der Waals surface area contributed by atoms with Crippen molar-refractivity contribution in [3.63, 3.8) is 0 Å². The van der Waals surface area contributed by atoms with E-state index < -0.39 is 0 Å². The van der Waals surface area contributed by atoms with E-state index in [0.717, 1.165) is 19.5 Å². The zero-order chi connectivity index (χ0) is 19.8. The van der Waals surface area contributed by atoms with Crippen molar-refractivity contribution in [3.8, 4) is 0 Å². The summed E-state index contributed by atoms with van der Waals surface area (Å²) in [6.45, 7) is 5.02. The lowest BCUT2D eigenvalue weighted by molar-refractivity contribution is -0.138. The molecule has 0 aromatic heterocycles. The van der Waals surface area contributed by atoms with Crippen LogP contribution in [-0.4, -0.2) is 53.5 Å². The van der Waals surface area contributed by atoms with E-state index in [2.05, 4.69) is 6.92 Å². The maximum Gasteiger partial charge on any atom is 0.225 e. The van der Waals surface area contributed by atoms with Crippen LogP contribution in [0.2, 0.25) is 0 Å². The second kappa shape index (κ2) is 7.70. The van der Waals surface area contributed by atoms with Gasteiger partial charge in [0.1, 0.15) is 10.7 Å². The minimum Gasteiger partial charge on any atom is -0.367 e. The third-order valence-electron chi connectivity index (χ3n) is 6.17. The van der Waals surface area contributed by atoms with Crippen LogP contribution in [0.1, 0.15) is 53.3 Å². The van der Waals surface area contributed by atoms with Crippen molar-refractivity contribution >= 4 is 29.1 Å². The molecule has 28 heavy (non-hydrogen) atoms. The van der Waals surface area contributed by atoms with Crippen LogP contribution in [-0.2, 0) is 4.79 Å². The minimum absolute atomic E-state index is 0.00154. The molecule has 1 atom stereocenters. The van der Waals surface area contributed by atoms with Crippen molar-refractivity contribution in [2.75, 3.05) is 26.2 Å². The number of hydrogen-bond donors (Lipinski definition) is 0. The molecular weight excluding hydrogens is 376 g/mol. The van der Waals surface area contributed by atoms with E-state index in [1.165, 1.54) is 6.42 Å². The predicted octanol–water partition coefficient (Wildman–Crippen LogP) is 3.49. The summed E-state index contributed by atoms with van der Waals surface area (Å²) >= 11 is 6.32. The molecule has 2 saturated heterocycles. The molecule has 1 aliphatic carbocycles. The van der Waals surface area contributed by atoms with Gasteiger partial charge in [-0.1, -0.05) is 42.8 Å². The van der Waals surface area contributed by atoms with Gasteiger partial charge in [-0.3, -0.25) is 14.4 Å². The Hall–Kier alpha value is -2.14. The van der Waals surface area contributed by atoms with Gasteiger partial charge in [0.15, 0.2) is 0 Å². The number of amides is 1. The number of hydrogen-bond acceptors (Lipinski definition) is 4. The zero-order valence-corrected chi connectivity index (χ0v) is 16.9. The summed E-state index contributed by atoms with van der Waals surface area (Å²) in [6.07, 6.45) is 3.62. The van der Waals surface area contributed by atoms with Crippen molar-refractivity contribution in [1.82, 2.24) is 9.80 Å². The van der Waals surface area contributed by atoms with E-state index in [4.69, 9.17) is 11.6 Å². The molecule has 3 aliphatic rings. The Kier molecular flexibility index (Phi) is 5.28. The summed E-state index contributed by atoms with van der Waals surface area (Å²) in [6, 6.07) is 6.80. The number of benzene rings is 1. The first-order valence-electron chi connectivity index (χ1n) is 10.1. The van der Waals surface area contributed by atoms with Crippen molar-refractivity contribution in [2.24, 2.45) is 11.8 Å². The summed E-state index contributed by atoms with van der Waals surface area (Å²) in [7, 11) is 0. The summed E-state index contributed by atoms with van der Waals surface area (Å²) < 4.78 is 0. The van der Waals surface area contributed by atoms with E-state index in [0.29, 0.717) is 48.7 Å². The third-order valence-corrected chi connectivity index (χ3v) is 6.52. The molecule has 0 radical (unpaired) electrons. The first-order chi connectivity index (χ1) is 13.5. The van der Waals surface area contributed by atoms with Gasteiger partial charge in [0, 0.05) is 43.2 Å². The molecule has 0 bridgehead atoms. The van der Waals surface area contributed by atoms with Crippen molar-refractivity contribution in [3.05, 3.63) is 46.1 Å². The number of nitrogens with zero attached hydrogens (tertiary/aromatic N) is 2. The lowest BCUT2D eigenvalue weighted by Crippen LogP contribution is -2.46. The van der Waals surface area contributed by atoms with Crippen LogP contribution in [0.4, 0.5) is 0 Å². The molecule has 1 aromatic rings. The van der Waals surface area contributed by atoms with Crippen molar-refractivity contribution < 1.29 is 14.4 Å². The fourth-order valence-electron chi connectivity index (χ4n) is 4.61. The van der Waals surface area contributed by atoms with Crippen LogP contribution in [0, 0.1) is 11.8 Å². The topological polar surface area (TPSA) is 57.7 Å². The zero-order valence-electron chi connectivity index (χ0n) is 16.1. The average molecular weight is 401 g/mol. The summed E-state index contributed by atoms with van der Waals surface area (Å²) in [5, 5.41) is -0.00154. The first-order valence-corrected chi connectivity index (χ1v) is 10.5. The molecule has 1 amide bonds. The number of likely N-dealkylation sites (tertiary alicyclic amines) is 2. The van der Waals surface area contributed by atoms with Gasteiger partial charge in [-0.05, 0) is 31.6 Å². The molecule has 2 aliphatic heterocycles. The van der Waals surface area contributed by atoms with Gasteiger partial charge in [0.05, 0.1) is 0 Å². The van der Waals surface area contributed by atoms with E-state index in [1.807, 2.05) is 9.80 Å². The van der Waals surface area contributed by atoms with Gasteiger partial charge in [0.2, 0.25) is 17.5 Å². The molecule has 6 heteroatoms. The molecule has 0 saturated carbocycles. The number of rotatable bonds is 2. The number of fused-ring (bicyclic) bond motifs is 1. The highest BCUT2D eigenvalue weighted by atomic mass is 35.5. The molecule has 0 spiro atoms. The number of allylic oxidation sites excluding steroid dienone is 2. The second-order valence-corrected chi connectivity index (χ2v) is 8.54. The number of halogens is 1. The van der Waals surface area contributed by atoms with E-state index in [1.54, 1.807) is 24.3 Å². The summed E-state index contributed by atoms with van der Waals surface area (Å²) in [5.41, 5.74) is 1.07. The Morgan fingerprint density at radius 2 is 1.64 bits per heavy atom. The van der Waals surface area contributed by atoms with E-state index >= 15 is 0 Å². The predicted molar refractivity (Wildman–Crippen MR) is 107 cm³/mol. The van der Waals surface area contributed by atoms with Gasteiger partial charge in [-0.2, -0.15) is 0 Å². The van der Waals surface area contributed by atoms with Crippen molar-refractivity contribution in [1.29, 1.82) is 0 Å². The standard InChI is InChI=1S/C22H25ClN2O3/c1-14-5-4-10-25(13-14)22(28)15-8-11-24(12-9-15)19-18(23)20(26)16-6-2-3-7-17(16)21(19)27/h2-3,6-7,14-15H,4-5,8-13H2,1H3. The molecule has 1 unspecified atom stereocenters. The van der Waals surface area contributed by atoms with E-state index in [-0.39, 0.29) is 28.4 Å². The van der Waals surface area contributed by atoms with Crippen LogP contribution < -0.4 is 0 Å². The van der Waals surface area contributed by atoms with Gasteiger partial charge in [-0.25, -0.2) is 0 Å². The van der Waals surface area contributed by atoms with Gasteiger partial charge >= 0.3 is 0 Å². The summed E-state index contributed by atoms with van der Waals surface area (Å²) in [5.74, 6) is 0.292. The van der Waals surface area contributed by atoms with Crippen molar-refractivity contribution in [2.45, 2.75) is 32.6 Å². The smallest absolute Gasteiger partial charge is 0.225 e. The fourth-order valence-corrected chi connectivity index (χ4v) is 4.92. The maximum absolute atomic E-state index is 13.0. The normalized spacial score (nSPS) is 23.9. The molecule has 5 nitrogen and oxygen atoms in total. The molecule has 0 N–H and O–H groups in total. The highest BCUT2D eigenvalue weighted by molar-refractivity contribution is 6.49. The lowest BCUT2D eigenvalue weighted by Gasteiger charge is -2.38. The molecule has 148 valence electrons. The number of carbonyl (C=O) groups excluding carboxylic acids is 3. The Morgan fingerprint density at radius 3 is 2.29 bits per heavy atom.